The number of hydrogen-bond donors (Lipinski definition) is 2. The summed E-state index contributed by atoms with van der Waals surface area (Å²) < 4.78 is 2.02. The van der Waals surface area contributed by atoms with Crippen LogP contribution in [0.5, 0.6) is 0 Å². The molecule has 2 N–H and O–H groups in total. The predicted octanol–water partition coefficient (Wildman–Crippen LogP) is 4.64. The van der Waals surface area contributed by atoms with E-state index in [1.54, 1.807) is 0 Å². The maximum atomic E-state index is 9.89. The lowest BCUT2D eigenvalue weighted by Crippen LogP contribution is -2.25. The second-order valence-electron chi connectivity index (χ2n) is 8.71. The third kappa shape index (κ3) is 5.11. The molecule has 0 saturated heterocycles. The van der Waals surface area contributed by atoms with Crippen molar-refractivity contribution in [2.75, 3.05) is 5.32 Å². The van der Waals surface area contributed by atoms with Gasteiger partial charge in [-0.3, -0.25) is 0 Å². The monoisotopic (exact) mass is 381 g/mol. The van der Waals surface area contributed by atoms with Crippen LogP contribution in [0, 0.1) is 11.3 Å². The van der Waals surface area contributed by atoms with Crippen LogP contribution in [0.2, 0.25) is 0 Å². The molecule has 0 aromatic carbocycles. The highest BCUT2D eigenvalue weighted by atomic mass is 16.3. The van der Waals surface area contributed by atoms with Crippen molar-refractivity contribution >= 4 is 11.6 Å². The molecule has 0 radical (unpaired) electrons. The molecule has 2 atom stereocenters. The van der Waals surface area contributed by atoms with E-state index in [0.29, 0.717) is 12.3 Å². The fraction of sp³-hybridized carbons (Fsp3) is 0.591. The molecule has 0 bridgehead atoms. The van der Waals surface area contributed by atoms with Crippen LogP contribution in [0.3, 0.4) is 0 Å². The van der Waals surface area contributed by atoms with E-state index in [4.69, 9.17) is 15.3 Å². The minimum Gasteiger partial charge on any atom is -0.393 e. The number of nitrogens with one attached hydrogen (secondary N) is 1. The number of nitriles is 1. The highest BCUT2D eigenvalue weighted by molar-refractivity contribution is 5.53. The number of hydrogen-bond acceptors (Lipinski definition) is 5. The fourth-order valence-corrected chi connectivity index (χ4v) is 3.76. The number of unbranched alkanes of at least 4 members (excludes halogenated alkanes) is 2. The van der Waals surface area contributed by atoms with Gasteiger partial charge in [0.2, 0.25) is 0 Å². The molecule has 1 saturated carbocycles. The molecule has 6 nitrogen and oxygen atoms in total. The topological polar surface area (TPSA) is 86.8 Å². The fourth-order valence-electron chi connectivity index (χ4n) is 3.76. The van der Waals surface area contributed by atoms with Gasteiger partial charge < -0.3 is 10.4 Å². The van der Waals surface area contributed by atoms with E-state index in [1.807, 2.05) is 22.9 Å². The Kier molecular flexibility index (Phi) is 6.35. The van der Waals surface area contributed by atoms with Crippen molar-refractivity contribution < 1.29 is 5.11 Å². The number of aryl methyl sites for hydroxylation is 1. The summed E-state index contributed by atoms with van der Waals surface area (Å²) in [5.41, 5.74) is 1.91. The first kappa shape index (κ1) is 20.3. The molecule has 2 heterocycles. The smallest absolute Gasteiger partial charge is 0.131 e. The van der Waals surface area contributed by atoms with Gasteiger partial charge in [0.1, 0.15) is 11.6 Å². The minimum absolute atomic E-state index is 0.160. The van der Waals surface area contributed by atoms with Gasteiger partial charge in [0.05, 0.1) is 23.4 Å². The second-order valence-corrected chi connectivity index (χ2v) is 8.71. The number of pyridine rings is 1. The molecule has 1 fully saturated rings. The Hall–Kier alpha value is -2.39. The summed E-state index contributed by atoms with van der Waals surface area (Å²) in [5, 5.41) is 26.9. The molecular formula is C22H31N5O. The van der Waals surface area contributed by atoms with Gasteiger partial charge in [-0.05, 0) is 71.4 Å². The third-order valence-electron chi connectivity index (χ3n) is 5.22. The van der Waals surface area contributed by atoms with Crippen LogP contribution < -0.4 is 5.32 Å². The van der Waals surface area contributed by atoms with Crippen LogP contribution in [-0.4, -0.2) is 26.0 Å². The van der Waals surface area contributed by atoms with Crippen molar-refractivity contribution in [3.05, 3.63) is 35.7 Å². The quantitative estimate of drug-likeness (QED) is 0.682. The zero-order valence-electron chi connectivity index (χ0n) is 17.1. The maximum absolute atomic E-state index is 9.89. The van der Waals surface area contributed by atoms with Crippen LogP contribution in [0.25, 0.3) is 0 Å². The molecule has 0 amide bonds. The predicted molar refractivity (Wildman–Crippen MR) is 111 cm³/mol. The summed E-state index contributed by atoms with van der Waals surface area (Å²) in [6.45, 7) is 6.41. The standard InChI is InChI=1S/C22H31N5O/c1-22(2,3)27-21(15-19(26-27)16-11-12-18(28)14-16)25-20-10-7-9-17(24-20)8-5-4-6-13-23/h7,9-10,15-16,18,28H,4-6,8,11-12,14H2,1-3H3,(H,24,25)/t16-,18+/m0/s1. The zero-order chi connectivity index (χ0) is 20.1. The van der Waals surface area contributed by atoms with Gasteiger partial charge in [-0.15, -0.1) is 0 Å². The number of rotatable bonds is 7. The molecule has 1 aliphatic carbocycles. The average molecular weight is 382 g/mol. The summed E-state index contributed by atoms with van der Waals surface area (Å²) in [6.07, 6.45) is 5.77. The van der Waals surface area contributed by atoms with Gasteiger partial charge in [-0.25, -0.2) is 9.67 Å². The van der Waals surface area contributed by atoms with E-state index >= 15 is 0 Å². The first-order valence-corrected chi connectivity index (χ1v) is 10.2. The lowest BCUT2D eigenvalue weighted by atomic mass is 10.0. The van der Waals surface area contributed by atoms with Crippen LogP contribution in [-0.2, 0) is 12.0 Å². The van der Waals surface area contributed by atoms with Crippen molar-refractivity contribution in [3.63, 3.8) is 0 Å². The molecular weight excluding hydrogens is 350 g/mol. The number of aromatic nitrogens is 3. The first-order chi connectivity index (χ1) is 13.4. The van der Waals surface area contributed by atoms with Gasteiger partial charge in [0.25, 0.3) is 0 Å². The van der Waals surface area contributed by atoms with E-state index in [1.165, 1.54) is 0 Å². The number of anilines is 2. The Morgan fingerprint density at radius 2 is 2.11 bits per heavy atom. The zero-order valence-corrected chi connectivity index (χ0v) is 17.1. The van der Waals surface area contributed by atoms with Crippen molar-refractivity contribution in [1.29, 1.82) is 5.26 Å². The SMILES string of the molecule is CC(C)(C)n1nc([C@H]2CC[C@@H](O)C2)cc1Nc1cccc(CCCCC#N)n1. The Balaban J connectivity index is 1.77. The van der Waals surface area contributed by atoms with Crippen molar-refractivity contribution in [2.45, 2.75) is 83.3 Å². The van der Waals surface area contributed by atoms with Crippen molar-refractivity contribution in [1.82, 2.24) is 14.8 Å². The second kappa shape index (κ2) is 8.74. The molecule has 0 spiro atoms. The van der Waals surface area contributed by atoms with E-state index in [-0.39, 0.29) is 11.6 Å². The van der Waals surface area contributed by atoms with Gasteiger partial charge in [-0.2, -0.15) is 10.4 Å². The summed E-state index contributed by atoms with van der Waals surface area (Å²) in [5.74, 6) is 2.05. The number of aliphatic hydroxyl groups is 1. The van der Waals surface area contributed by atoms with E-state index in [2.05, 4.69) is 38.2 Å². The summed E-state index contributed by atoms with van der Waals surface area (Å²) >= 11 is 0. The van der Waals surface area contributed by atoms with Gasteiger partial charge in [0, 0.05) is 24.1 Å². The maximum Gasteiger partial charge on any atom is 0.131 e. The number of nitrogens with zero attached hydrogens (tertiary/aromatic N) is 4. The molecule has 2 aromatic heterocycles. The van der Waals surface area contributed by atoms with E-state index < -0.39 is 0 Å². The van der Waals surface area contributed by atoms with E-state index in [0.717, 1.165) is 61.5 Å². The molecule has 2 aromatic rings. The lowest BCUT2D eigenvalue weighted by Gasteiger charge is -2.22. The van der Waals surface area contributed by atoms with Crippen molar-refractivity contribution in [3.8, 4) is 6.07 Å². The largest absolute Gasteiger partial charge is 0.393 e. The molecule has 0 unspecified atom stereocenters. The first-order valence-electron chi connectivity index (χ1n) is 10.2. The molecule has 6 heteroatoms. The Bertz CT molecular complexity index is 830. The van der Waals surface area contributed by atoms with Crippen molar-refractivity contribution in [2.24, 2.45) is 0 Å². The third-order valence-corrected chi connectivity index (χ3v) is 5.22. The highest BCUT2D eigenvalue weighted by Gasteiger charge is 2.29. The summed E-state index contributed by atoms with van der Waals surface area (Å²) in [6, 6.07) is 10.3. The van der Waals surface area contributed by atoms with Crippen LogP contribution in [0.1, 0.15) is 76.6 Å². The van der Waals surface area contributed by atoms with Crippen LogP contribution in [0.15, 0.2) is 24.3 Å². The summed E-state index contributed by atoms with van der Waals surface area (Å²) in [4.78, 5) is 4.73. The highest BCUT2D eigenvalue weighted by Crippen LogP contribution is 2.36. The normalized spacial score (nSPS) is 19.5. The molecule has 28 heavy (non-hydrogen) atoms. The van der Waals surface area contributed by atoms with Crippen LogP contribution >= 0.6 is 0 Å². The van der Waals surface area contributed by atoms with Gasteiger partial charge in [-0.1, -0.05) is 6.07 Å². The molecule has 0 aliphatic heterocycles. The Morgan fingerprint density at radius 1 is 1.29 bits per heavy atom. The van der Waals surface area contributed by atoms with Crippen LogP contribution in [0.4, 0.5) is 11.6 Å². The van der Waals surface area contributed by atoms with Gasteiger partial charge >= 0.3 is 0 Å². The summed E-state index contributed by atoms with van der Waals surface area (Å²) in [7, 11) is 0. The Labute approximate surface area is 167 Å². The number of aliphatic hydroxyl groups excluding tert-OH is 1. The average Bonchev–Trinajstić information content (AvgIpc) is 3.25. The van der Waals surface area contributed by atoms with E-state index in [9.17, 15) is 5.11 Å². The Morgan fingerprint density at radius 3 is 2.79 bits per heavy atom. The lowest BCUT2D eigenvalue weighted by molar-refractivity contribution is 0.181. The molecule has 1 aliphatic rings. The minimum atomic E-state index is -0.208. The molecule has 150 valence electrons. The van der Waals surface area contributed by atoms with Gasteiger partial charge in [0.15, 0.2) is 0 Å². The molecule has 3 rings (SSSR count).